The highest BCUT2D eigenvalue weighted by Crippen LogP contribution is 2.39. The SMILES string of the molecule is CC(Oc1ccc(Cl)cc1Cl)C(=O)Nc1sc2c(c1C(N)=O)CCC2. The molecule has 1 heterocycles. The third-order valence-corrected chi connectivity index (χ3v) is 5.71. The first-order valence-corrected chi connectivity index (χ1v) is 9.31. The summed E-state index contributed by atoms with van der Waals surface area (Å²) in [6.07, 6.45) is 1.91. The van der Waals surface area contributed by atoms with Crippen molar-refractivity contribution in [3.05, 3.63) is 44.2 Å². The smallest absolute Gasteiger partial charge is 0.265 e. The minimum Gasteiger partial charge on any atom is -0.479 e. The number of nitrogens with one attached hydrogen (secondary N) is 1. The van der Waals surface area contributed by atoms with Gasteiger partial charge in [-0.05, 0) is 49.9 Å². The van der Waals surface area contributed by atoms with Gasteiger partial charge in [0.1, 0.15) is 10.8 Å². The third-order valence-electron chi connectivity index (χ3n) is 3.97. The van der Waals surface area contributed by atoms with Crippen LogP contribution in [0.25, 0.3) is 0 Å². The lowest BCUT2D eigenvalue weighted by Crippen LogP contribution is -2.30. The van der Waals surface area contributed by atoms with Crippen LogP contribution in [0.15, 0.2) is 18.2 Å². The van der Waals surface area contributed by atoms with Crippen molar-refractivity contribution in [1.82, 2.24) is 0 Å². The zero-order valence-corrected chi connectivity index (χ0v) is 15.7. The summed E-state index contributed by atoms with van der Waals surface area (Å²) < 4.78 is 5.60. The van der Waals surface area contributed by atoms with E-state index < -0.39 is 12.0 Å². The number of primary amides is 1. The van der Waals surface area contributed by atoms with Gasteiger partial charge in [0, 0.05) is 9.90 Å². The van der Waals surface area contributed by atoms with Crippen LogP contribution >= 0.6 is 34.5 Å². The molecule has 0 saturated heterocycles. The second-order valence-electron chi connectivity index (χ2n) is 5.75. The second-order valence-corrected chi connectivity index (χ2v) is 7.70. The van der Waals surface area contributed by atoms with E-state index in [0.717, 1.165) is 29.7 Å². The van der Waals surface area contributed by atoms with Crippen LogP contribution in [0.4, 0.5) is 5.00 Å². The molecule has 132 valence electrons. The van der Waals surface area contributed by atoms with Crippen molar-refractivity contribution in [3.63, 3.8) is 0 Å². The maximum Gasteiger partial charge on any atom is 0.265 e. The molecule has 5 nitrogen and oxygen atoms in total. The molecule has 1 aromatic heterocycles. The van der Waals surface area contributed by atoms with Crippen molar-refractivity contribution in [2.75, 3.05) is 5.32 Å². The zero-order valence-electron chi connectivity index (χ0n) is 13.4. The van der Waals surface area contributed by atoms with Gasteiger partial charge in [-0.3, -0.25) is 9.59 Å². The normalized spacial score (nSPS) is 14.0. The van der Waals surface area contributed by atoms with Gasteiger partial charge >= 0.3 is 0 Å². The number of nitrogens with two attached hydrogens (primary N) is 1. The molecule has 0 spiro atoms. The first kappa shape index (κ1) is 18.0. The van der Waals surface area contributed by atoms with Gasteiger partial charge in [0.2, 0.25) is 0 Å². The highest BCUT2D eigenvalue weighted by Gasteiger charge is 2.27. The topological polar surface area (TPSA) is 81.4 Å². The molecule has 3 N–H and O–H groups in total. The van der Waals surface area contributed by atoms with E-state index in [4.69, 9.17) is 33.7 Å². The molecule has 0 fully saturated rings. The molecule has 8 heteroatoms. The highest BCUT2D eigenvalue weighted by molar-refractivity contribution is 7.17. The monoisotopic (exact) mass is 398 g/mol. The van der Waals surface area contributed by atoms with Crippen molar-refractivity contribution in [1.29, 1.82) is 0 Å². The Hall–Kier alpha value is -1.76. The van der Waals surface area contributed by atoms with Gasteiger partial charge in [-0.1, -0.05) is 23.2 Å². The maximum absolute atomic E-state index is 12.4. The molecular weight excluding hydrogens is 383 g/mol. The number of carbonyl (C=O) groups is 2. The largest absolute Gasteiger partial charge is 0.479 e. The standard InChI is InChI=1S/C17H16Cl2N2O3S/c1-8(24-12-6-5-9(18)7-11(12)19)16(23)21-17-14(15(20)22)10-3-2-4-13(10)25-17/h5-8H,2-4H2,1H3,(H2,20,22)(H,21,23). The van der Waals surface area contributed by atoms with Crippen LogP contribution in [0.3, 0.4) is 0 Å². The van der Waals surface area contributed by atoms with E-state index in [1.54, 1.807) is 19.1 Å². The fourth-order valence-electron chi connectivity index (χ4n) is 2.78. The van der Waals surface area contributed by atoms with Gasteiger partial charge in [-0.2, -0.15) is 0 Å². The zero-order chi connectivity index (χ0) is 18.1. The van der Waals surface area contributed by atoms with E-state index in [1.807, 2.05) is 0 Å². The molecule has 0 bridgehead atoms. The van der Waals surface area contributed by atoms with Gasteiger partial charge < -0.3 is 15.8 Å². The first-order chi connectivity index (χ1) is 11.9. The van der Waals surface area contributed by atoms with Crippen LogP contribution in [-0.4, -0.2) is 17.9 Å². The highest BCUT2D eigenvalue weighted by atomic mass is 35.5. The van der Waals surface area contributed by atoms with Gasteiger partial charge in [0.25, 0.3) is 11.8 Å². The Labute approximate surface area is 159 Å². The Bertz CT molecular complexity index is 851. The van der Waals surface area contributed by atoms with E-state index in [1.165, 1.54) is 17.4 Å². The van der Waals surface area contributed by atoms with Crippen molar-refractivity contribution < 1.29 is 14.3 Å². The van der Waals surface area contributed by atoms with Gasteiger partial charge in [-0.25, -0.2) is 0 Å². The number of hydrogen-bond acceptors (Lipinski definition) is 4. The number of hydrogen-bond donors (Lipinski definition) is 2. The molecule has 0 aliphatic heterocycles. The molecule has 25 heavy (non-hydrogen) atoms. The van der Waals surface area contributed by atoms with Gasteiger partial charge in [-0.15, -0.1) is 11.3 Å². The fraction of sp³-hybridized carbons (Fsp3) is 0.294. The number of thiophene rings is 1. The van der Waals surface area contributed by atoms with E-state index in [9.17, 15) is 9.59 Å². The summed E-state index contributed by atoms with van der Waals surface area (Å²) in [4.78, 5) is 25.3. The Morgan fingerprint density at radius 3 is 2.76 bits per heavy atom. The molecule has 0 saturated carbocycles. The number of benzene rings is 1. The number of halogens is 2. The fourth-order valence-corrected chi connectivity index (χ4v) is 4.53. The van der Waals surface area contributed by atoms with Crippen LogP contribution in [0.2, 0.25) is 10.0 Å². The summed E-state index contributed by atoms with van der Waals surface area (Å²) in [5.74, 6) is -0.546. The van der Waals surface area contributed by atoms with Crippen LogP contribution in [-0.2, 0) is 17.6 Å². The van der Waals surface area contributed by atoms with E-state index in [-0.39, 0.29) is 5.91 Å². The lowest BCUT2D eigenvalue weighted by molar-refractivity contribution is -0.122. The summed E-state index contributed by atoms with van der Waals surface area (Å²) >= 11 is 13.3. The van der Waals surface area contributed by atoms with Crippen LogP contribution < -0.4 is 15.8 Å². The van der Waals surface area contributed by atoms with Gasteiger partial charge in [0.05, 0.1) is 10.6 Å². The number of fused-ring (bicyclic) bond motifs is 1. The van der Waals surface area contributed by atoms with Crippen molar-refractivity contribution in [3.8, 4) is 5.75 Å². The molecule has 0 radical (unpaired) electrons. The molecule has 1 unspecified atom stereocenters. The lowest BCUT2D eigenvalue weighted by atomic mass is 10.1. The molecule has 2 amide bonds. The van der Waals surface area contributed by atoms with E-state index in [0.29, 0.717) is 26.4 Å². The van der Waals surface area contributed by atoms with E-state index >= 15 is 0 Å². The molecular formula is C17H16Cl2N2O3S. The van der Waals surface area contributed by atoms with Crippen molar-refractivity contribution in [2.24, 2.45) is 5.73 Å². The molecule has 1 aliphatic rings. The summed E-state index contributed by atoms with van der Waals surface area (Å²) in [5.41, 5.74) is 6.88. The Kier molecular flexibility index (Phi) is 5.22. The number of carbonyl (C=O) groups excluding carboxylic acids is 2. The van der Waals surface area contributed by atoms with E-state index in [2.05, 4.69) is 5.32 Å². The van der Waals surface area contributed by atoms with Gasteiger partial charge in [0.15, 0.2) is 6.10 Å². The number of ether oxygens (including phenoxy) is 1. The van der Waals surface area contributed by atoms with Crippen molar-refractivity contribution in [2.45, 2.75) is 32.3 Å². The molecule has 1 aromatic carbocycles. The summed E-state index contributed by atoms with van der Waals surface area (Å²) in [6.45, 7) is 1.60. The minimum absolute atomic E-state index is 0.320. The van der Waals surface area contributed by atoms with Crippen molar-refractivity contribution >= 4 is 51.4 Å². The predicted octanol–water partition coefficient (Wildman–Crippen LogP) is 4.05. The molecule has 3 rings (SSSR count). The first-order valence-electron chi connectivity index (χ1n) is 7.73. The quantitative estimate of drug-likeness (QED) is 0.796. The number of anilines is 1. The number of amides is 2. The Morgan fingerprint density at radius 1 is 1.32 bits per heavy atom. The lowest BCUT2D eigenvalue weighted by Gasteiger charge is -2.15. The number of aryl methyl sites for hydroxylation is 1. The summed E-state index contributed by atoms with van der Waals surface area (Å²) in [6, 6.07) is 4.77. The Morgan fingerprint density at radius 2 is 2.08 bits per heavy atom. The summed E-state index contributed by atoms with van der Waals surface area (Å²) in [5, 5.41) is 4.04. The minimum atomic E-state index is -0.809. The molecule has 1 aliphatic carbocycles. The van der Waals surface area contributed by atoms with Crippen LogP contribution in [0.5, 0.6) is 5.75 Å². The third kappa shape index (κ3) is 3.76. The average Bonchev–Trinajstić information content (AvgIpc) is 3.09. The summed E-state index contributed by atoms with van der Waals surface area (Å²) in [7, 11) is 0. The number of rotatable bonds is 5. The average molecular weight is 399 g/mol. The predicted molar refractivity (Wildman–Crippen MR) is 100 cm³/mol. The Balaban J connectivity index is 1.75. The van der Waals surface area contributed by atoms with Crippen LogP contribution in [0, 0.1) is 0 Å². The second kappa shape index (κ2) is 7.23. The van der Waals surface area contributed by atoms with Crippen LogP contribution in [0.1, 0.15) is 34.1 Å². The maximum atomic E-state index is 12.4. The molecule has 1 atom stereocenters. The molecule has 2 aromatic rings.